The summed E-state index contributed by atoms with van der Waals surface area (Å²) in [5.41, 5.74) is 0.110. The van der Waals surface area contributed by atoms with Crippen LogP contribution in [0.25, 0.3) is 0 Å². The zero-order valence-corrected chi connectivity index (χ0v) is 17.9. The van der Waals surface area contributed by atoms with E-state index in [-0.39, 0.29) is 23.7 Å². The molecule has 1 aromatic heterocycles. The summed E-state index contributed by atoms with van der Waals surface area (Å²) in [6, 6.07) is 2.09. The van der Waals surface area contributed by atoms with Crippen molar-refractivity contribution in [3.05, 3.63) is 39.3 Å². The highest BCUT2D eigenvalue weighted by Gasteiger charge is 2.16. The number of hydrogen-bond donors (Lipinski definition) is 3. The summed E-state index contributed by atoms with van der Waals surface area (Å²) in [7, 11) is 1.84. The maximum atomic E-state index is 14.2. The molecule has 2 rings (SSSR count). The van der Waals surface area contributed by atoms with Gasteiger partial charge in [-0.2, -0.15) is 0 Å². The smallest absolute Gasteiger partial charge is 0.355 e. The predicted octanol–water partition coefficient (Wildman–Crippen LogP) is 3.48. The fourth-order valence-corrected chi connectivity index (χ4v) is 3.64. The fourth-order valence-electron chi connectivity index (χ4n) is 2.67. The molecule has 1 heterocycles. The van der Waals surface area contributed by atoms with Crippen molar-refractivity contribution in [1.29, 1.82) is 0 Å². The van der Waals surface area contributed by atoms with E-state index in [2.05, 4.69) is 15.6 Å². The van der Waals surface area contributed by atoms with Crippen molar-refractivity contribution < 1.29 is 28.2 Å². The Hall–Kier alpha value is -2.30. The second-order valence-corrected chi connectivity index (χ2v) is 7.81. The first-order chi connectivity index (χ1) is 14.4. The van der Waals surface area contributed by atoms with E-state index in [1.54, 1.807) is 6.92 Å². The van der Waals surface area contributed by atoms with Gasteiger partial charge >= 0.3 is 5.97 Å². The molecule has 0 amide bonds. The number of likely N-dealkylation sites (N-methyl/N-ethyl adjacent to an activating group) is 1. The maximum absolute atomic E-state index is 14.2. The third kappa shape index (κ3) is 7.51. The zero-order valence-electron chi connectivity index (χ0n) is 17.1. The number of benzene rings is 1. The molecule has 2 aromatic rings. The lowest BCUT2D eigenvalue weighted by Gasteiger charge is -2.12. The lowest BCUT2D eigenvalue weighted by Crippen LogP contribution is -2.15. The van der Waals surface area contributed by atoms with Gasteiger partial charge in [0.25, 0.3) is 0 Å². The Labute approximate surface area is 178 Å². The molecule has 0 unspecified atom stereocenters. The minimum Gasteiger partial charge on any atom is -0.490 e. The molecule has 1 aromatic carbocycles. The summed E-state index contributed by atoms with van der Waals surface area (Å²) in [5.74, 6) is -2.51. The maximum Gasteiger partial charge on any atom is 0.355 e. The predicted molar refractivity (Wildman–Crippen MR) is 112 cm³/mol. The summed E-state index contributed by atoms with van der Waals surface area (Å²) < 4.78 is 39.1. The normalized spacial score (nSPS) is 10.9. The van der Waals surface area contributed by atoms with Crippen molar-refractivity contribution in [3.8, 4) is 5.75 Å². The van der Waals surface area contributed by atoms with Crippen molar-refractivity contribution in [2.24, 2.45) is 0 Å². The molecule has 0 atom stereocenters. The van der Waals surface area contributed by atoms with Crippen molar-refractivity contribution in [2.75, 3.05) is 45.3 Å². The number of hydrogen-bond acceptors (Lipinski definition) is 7. The highest BCUT2D eigenvalue weighted by Crippen LogP contribution is 2.26. The van der Waals surface area contributed by atoms with E-state index in [1.807, 2.05) is 7.05 Å². The van der Waals surface area contributed by atoms with Crippen LogP contribution in [0.5, 0.6) is 5.75 Å². The van der Waals surface area contributed by atoms with Crippen molar-refractivity contribution in [1.82, 2.24) is 10.3 Å². The van der Waals surface area contributed by atoms with Gasteiger partial charge in [0.2, 0.25) is 0 Å². The van der Waals surface area contributed by atoms with Crippen LogP contribution >= 0.6 is 11.3 Å². The number of anilines is 1. The van der Waals surface area contributed by atoms with Crippen molar-refractivity contribution in [2.45, 2.75) is 26.2 Å². The van der Waals surface area contributed by atoms with Gasteiger partial charge in [0, 0.05) is 36.7 Å². The third-order valence-corrected chi connectivity index (χ3v) is 5.14. The van der Waals surface area contributed by atoms with E-state index in [1.165, 1.54) is 11.3 Å². The Morgan fingerprint density at radius 1 is 1.17 bits per heavy atom. The second kappa shape index (κ2) is 12.4. The number of rotatable bonds is 14. The first kappa shape index (κ1) is 24.0. The Balaban J connectivity index is 1.78. The summed E-state index contributed by atoms with van der Waals surface area (Å²) in [4.78, 5) is 15.8. The molecule has 0 aliphatic rings. The first-order valence-electron chi connectivity index (χ1n) is 9.70. The average Bonchev–Trinajstić information content (AvgIpc) is 3.08. The quantitative estimate of drug-likeness (QED) is 0.385. The van der Waals surface area contributed by atoms with Crippen LogP contribution in [0.15, 0.2) is 12.1 Å². The Bertz CT molecular complexity index is 833. The summed E-state index contributed by atoms with van der Waals surface area (Å²) in [6.07, 6.45) is 1.56. The van der Waals surface area contributed by atoms with E-state index in [4.69, 9.17) is 14.6 Å². The minimum absolute atomic E-state index is 0.0394. The van der Waals surface area contributed by atoms with Gasteiger partial charge in [-0.3, -0.25) is 0 Å². The molecule has 3 N–H and O–H groups in total. The fraction of sp³-hybridized carbons (Fsp3) is 0.500. The number of aromatic nitrogens is 1. The van der Waals surface area contributed by atoms with Gasteiger partial charge in [0.15, 0.2) is 17.3 Å². The molecule has 7 nitrogen and oxygen atoms in total. The van der Waals surface area contributed by atoms with Gasteiger partial charge in [-0.25, -0.2) is 18.6 Å². The van der Waals surface area contributed by atoms with E-state index in [0.717, 1.165) is 18.7 Å². The number of carboxylic acids is 1. The number of nitrogens with zero attached hydrogens (tertiary/aromatic N) is 1. The summed E-state index contributed by atoms with van der Waals surface area (Å²) in [5, 5.41) is 15.6. The van der Waals surface area contributed by atoms with E-state index < -0.39 is 17.6 Å². The SMILES string of the molecule is CNCCOCCCNc1cc(F)c(OCCCc2sc(C)nc2C(=O)O)cc1F. The largest absolute Gasteiger partial charge is 0.490 e. The van der Waals surface area contributed by atoms with Crippen LogP contribution < -0.4 is 15.4 Å². The molecule has 0 aliphatic carbocycles. The molecular formula is C20H27F2N3O4S. The minimum atomic E-state index is -1.07. The number of aromatic carboxylic acids is 1. The highest BCUT2D eigenvalue weighted by atomic mass is 32.1. The molecule has 0 fully saturated rings. The van der Waals surface area contributed by atoms with Gasteiger partial charge in [-0.15, -0.1) is 11.3 Å². The Kier molecular flexibility index (Phi) is 9.92. The number of aryl methyl sites for hydroxylation is 2. The standard InChI is InChI=1S/C20H27F2N3O4S/c1-13-25-19(20(26)27)18(30-13)5-3-9-29-17-12-14(21)16(11-15(17)22)24-6-4-8-28-10-7-23-2/h11-12,23-24H,3-10H2,1-2H3,(H,26,27). The summed E-state index contributed by atoms with van der Waals surface area (Å²) >= 11 is 1.31. The van der Waals surface area contributed by atoms with E-state index >= 15 is 0 Å². The van der Waals surface area contributed by atoms with E-state index in [0.29, 0.717) is 48.9 Å². The molecular weight excluding hydrogens is 416 g/mol. The van der Waals surface area contributed by atoms with Crippen LogP contribution in [0, 0.1) is 18.6 Å². The van der Waals surface area contributed by atoms with Gasteiger partial charge in [-0.05, 0) is 33.2 Å². The second-order valence-electron chi connectivity index (χ2n) is 6.52. The number of halogens is 2. The van der Waals surface area contributed by atoms with Crippen LogP contribution in [0.3, 0.4) is 0 Å². The van der Waals surface area contributed by atoms with Crippen LogP contribution in [0.1, 0.15) is 33.2 Å². The lowest BCUT2D eigenvalue weighted by molar-refractivity contribution is 0.0690. The first-order valence-corrected chi connectivity index (χ1v) is 10.5. The van der Waals surface area contributed by atoms with Gasteiger partial charge in [0.05, 0.1) is 23.9 Å². The Morgan fingerprint density at radius 2 is 1.97 bits per heavy atom. The third-order valence-electron chi connectivity index (χ3n) is 4.11. The van der Waals surface area contributed by atoms with Gasteiger partial charge in [0.1, 0.15) is 5.82 Å². The molecule has 0 aliphatic heterocycles. The Morgan fingerprint density at radius 3 is 2.70 bits per heavy atom. The number of ether oxygens (including phenoxy) is 2. The molecule has 30 heavy (non-hydrogen) atoms. The molecule has 10 heteroatoms. The number of carbonyl (C=O) groups is 1. The van der Waals surface area contributed by atoms with Crippen LogP contribution in [-0.4, -0.2) is 56.0 Å². The molecule has 0 bridgehead atoms. The average molecular weight is 444 g/mol. The van der Waals surface area contributed by atoms with Crippen LogP contribution in [0.2, 0.25) is 0 Å². The highest BCUT2D eigenvalue weighted by molar-refractivity contribution is 7.11. The van der Waals surface area contributed by atoms with Crippen LogP contribution in [-0.2, 0) is 11.2 Å². The molecule has 0 saturated carbocycles. The molecule has 0 spiro atoms. The number of nitrogens with one attached hydrogen (secondary N) is 2. The van der Waals surface area contributed by atoms with Crippen LogP contribution in [0.4, 0.5) is 14.5 Å². The monoisotopic (exact) mass is 443 g/mol. The molecule has 0 saturated heterocycles. The zero-order chi connectivity index (χ0) is 21.9. The van der Waals surface area contributed by atoms with E-state index in [9.17, 15) is 13.6 Å². The number of carboxylic acid groups (broad SMARTS) is 1. The topological polar surface area (TPSA) is 92.7 Å². The molecule has 0 radical (unpaired) electrons. The van der Waals surface area contributed by atoms with Gasteiger partial charge < -0.3 is 25.2 Å². The number of thiazole rings is 1. The van der Waals surface area contributed by atoms with Crippen molar-refractivity contribution in [3.63, 3.8) is 0 Å². The lowest BCUT2D eigenvalue weighted by atomic mass is 10.2. The summed E-state index contributed by atoms with van der Waals surface area (Å²) in [6.45, 7) is 4.22. The van der Waals surface area contributed by atoms with Crippen molar-refractivity contribution >= 4 is 23.0 Å². The molecule has 166 valence electrons. The van der Waals surface area contributed by atoms with Gasteiger partial charge in [-0.1, -0.05) is 0 Å².